The molecule has 4 nitrogen and oxygen atoms in total. The molecule has 1 aliphatic rings. The van der Waals surface area contributed by atoms with Gasteiger partial charge in [-0.2, -0.15) is 0 Å². The Labute approximate surface area is 81.3 Å². The van der Waals surface area contributed by atoms with E-state index >= 15 is 0 Å². The van der Waals surface area contributed by atoms with Crippen LogP contribution in [0.4, 0.5) is 0 Å². The molecule has 0 aromatic heterocycles. The van der Waals surface area contributed by atoms with Gasteiger partial charge in [0, 0.05) is 18.7 Å². The molecule has 1 saturated heterocycles. The summed E-state index contributed by atoms with van der Waals surface area (Å²) in [5.74, 6) is -0.797. The smallest absolute Gasteiger partial charge is 0.320 e. The van der Waals surface area contributed by atoms with Crippen LogP contribution in [-0.2, 0) is 9.59 Å². The first-order chi connectivity index (χ1) is 6.00. The lowest BCUT2D eigenvalue weighted by Gasteiger charge is -2.13. The maximum absolute atomic E-state index is 10.8. The van der Waals surface area contributed by atoms with Crippen LogP contribution in [0, 0.1) is 0 Å². The summed E-state index contributed by atoms with van der Waals surface area (Å²) in [6, 6.07) is -0.420. The fourth-order valence-corrected chi connectivity index (χ4v) is 2.62. The lowest BCUT2D eigenvalue weighted by Crippen LogP contribution is -2.32. The van der Waals surface area contributed by atoms with Gasteiger partial charge >= 0.3 is 5.97 Å². The summed E-state index contributed by atoms with van der Waals surface area (Å²) in [5, 5.41) is 9.00. The van der Waals surface area contributed by atoms with Gasteiger partial charge in [-0.25, -0.2) is 0 Å². The van der Waals surface area contributed by atoms with Gasteiger partial charge in [0.05, 0.1) is 0 Å². The number of hydrogen-bond donors (Lipinski definition) is 1. The summed E-state index contributed by atoms with van der Waals surface area (Å²) >= 11 is 1.24. The van der Waals surface area contributed by atoms with E-state index in [2.05, 4.69) is 0 Å². The molecule has 0 bridgehead atoms. The van der Waals surface area contributed by atoms with Gasteiger partial charge in [0.2, 0.25) is 0 Å². The average molecular weight is 203 g/mol. The Balaban J connectivity index is 2.50. The zero-order valence-electron chi connectivity index (χ0n) is 7.69. The molecule has 0 spiro atoms. The molecule has 1 heterocycles. The normalized spacial score (nSPS) is 29.1. The zero-order valence-corrected chi connectivity index (χ0v) is 8.50. The van der Waals surface area contributed by atoms with Crippen molar-refractivity contribution < 1.29 is 14.7 Å². The van der Waals surface area contributed by atoms with Crippen LogP contribution >= 0.6 is 11.8 Å². The summed E-state index contributed by atoms with van der Waals surface area (Å²) in [4.78, 5) is 23.3. The monoisotopic (exact) mass is 203 g/mol. The second-order valence-corrected chi connectivity index (χ2v) is 4.74. The minimum Gasteiger partial charge on any atom is -0.480 e. The van der Waals surface area contributed by atoms with Crippen LogP contribution in [0.5, 0.6) is 0 Å². The molecule has 0 aromatic carbocycles. The molecule has 5 heteroatoms. The fourth-order valence-electron chi connectivity index (χ4n) is 1.56. The maximum atomic E-state index is 10.8. The van der Waals surface area contributed by atoms with Gasteiger partial charge in [0.1, 0.15) is 6.04 Å². The minimum atomic E-state index is -0.797. The van der Waals surface area contributed by atoms with E-state index in [-0.39, 0.29) is 10.4 Å². The van der Waals surface area contributed by atoms with E-state index in [0.29, 0.717) is 13.0 Å². The van der Waals surface area contributed by atoms with Gasteiger partial charge in [-0.15, -0.1) is 0 Å². The van der Waals surface area contributed by atoms with Crippen LogP contribution in [0.3, 0.4) is 0 Å². The van der Waals surface area contributed by atoms with Gasteiger partial charge in [-0.05, 0) is 13.5 Å². The van der Waals surface area contributed by atoms with Crippen molar-refractivity contribution in [3.8, 4) is 0 Å². The largest absolute Gasteiger partial charge is 0.480 e. The number of hydrogen-bond acceptors (Lipinski definition) is 4. The highest BCUT2D eigenvalue weighted by molar-refractivity contribution is 8.14. The van der Waals surface area contributed by atoms with Crippen molar-refractivity contribution >= 4 is 22.8 Å². The highest BCUT2D eigenvalue weighted by atomic mass is 32.2. The molecule has 1 rings (SSSR count). The number of carbonyl (C=O) groups excluding carboxylic acids is 1. The Kier molecular flexibility index (Phi) is 3.33. The molecule has 0 radical (unpaired) electrons. The van der Waals surface area contributed by atoms with Crippen LogP contribution in [0.25, 0.3) is 0 Å². The lowest BCUT2D eigenvalue weighted by molar-refractivity contribution is -0.141. The number of carbonyl (C=O) groups is 2. The van der Waals surface area contributed by atoms with Crippen molar-refractivity contribution in [3.63, 3.8) is 0 Å². The third-order valence-electron chi connectivity index (χ3n) is 2.13. The quantitative estimate of drug-likeness (QED) is 0.705. The van der Waals surface area contributed by atoms with Crippen LogP contribution in [0.2, 0.25) is 0 Å². The first-order valence-electron chi connectivity index (χ1n) is 4.11. The molecular formula is C8H13NO3S. The van der Waals surface area contributed by atoms with Crippen molar-refractivity contribution in [1.82, 2.24) is 4.90 Å². The molecular weight excluding hydrogens is 190 g/mol. The van der Waals surface area contributed by atoms with Crippen LogP contribution in [-0.4, -0.2) is 46.0 Å². The fraction of sp³-hybridized carbons (Fsp3) is 0.750. The first-order valence-corrected chi connectivity index (χ1v) is 4.99. The van der Waals surface area contributed by atoms with Crippen LogP contribution < -0.4 is 0 Å². The number of carboxylic acids is 1. The molecule has 13 heavy (non-hydrogen) atoms. The predicted octanol–water partition coefficient (Wildman–Crippen LogP) is 0.423. The van der Waals surface area contributed by atoms with Crippen molar-refractivity contribution in [1.29, 1.82) is 0 Å². The van der Waals surface area contributed by atoms with Gasteiger partial charge in [0.25, 0.3) is 0 Å². The first kappa shape index (κ1) is 10.5. The average Bonchev–Trinajstić information content (AvgIpc) is 2.29. The number of aliphatic carboxylic acids is 1. The van der Waals surface area contributed by atoms with Crippen molar-refractivity contribution in [2.45, 2.75) is 24.6 Å². The highest BCUT2D eigenvalue weighted by Gasteiger charge is 2.35. The molecule has 0 amide bonds. The van der Waals surface area contributed by atoms with Gasteiger partial charge in [-0.3, -0.25) is 14.5 Å². The van der Waals surface area contributed by atoms with E-state index in [0.717, 1.165) is 0 Å². The number of likely N-dealkylation sites (N-methyl/N-ethyl adjacent to an activating group) is 1. The van der Waals surface area contributed by atoms with Crippen molar-refractivity contribution in [2.24, 2.45) is 0 Å². The van der Waals surface area contributed by atoms with Gasteiger partial charge < -0.3 is 5.11 Å². The molecule has 0 unspecified atom stereocenters. The van der Waals surface area contributed by atoms with E-state index < -0.39 is 12.0 Å². The maximum Gasteiger partial charge on any atom is 0.320 e. The van der Waals surface area contributed by atoms with Gasteiger partial charge in [0.15, 0.2) is 5.12 Å². The number of thioether (sulfide) groups is 1. The van der Waals surface area contributed by atoms with E-state index in [1.54, 1.807) is 11.9 Å². The Bertz CT molecular complexity index is 231. The van der Waals surface area contributed by atoms with Gasteiger partial charge in [-0.1, -0.05) is 11.8 Å². The van der Waals surface area contributed by atoms with Crippen molar-refractivity contribution in [3.05, 3.63) is 0 Å². The molecule has 1 aliphatic heterocycles. The summed E-state index contributed by atoms with van der Waals surface area (Å²) in [5.41, 5.74) is 0. The third kappa shape index (κ3) is 2.70. The summed E-state index contributed by atoms with van der Waals surface area (Å²) in [6.45, 7) is 2.19. The summed E-state index contributed by atoms with van der Waals surface area (Å²) in [7, 11) is 1.78. The Morgan fingerprint density at radius 2 is 2.15 bits per heavy atom. The molecule has 1 N–H and O–H groups in total. The zero-order chi connectivity index (χ0) is 10.0. The van der Waals surface area contributed by atoms with E-state index in [9.17, 15) is 9.59 Å². The number of carboxylic acid groups (broad SMARTS) is 1. The molecule has 0 aromatic rings. The van der Waals surface area contributed by atoms with E-state index in [1.807, 2.05) is 0 Å². The second-order valence-electron chi connectivity index (χ2n) is 3.26. The Morgan fingerprint density at radius 1 is 1.54 bits per heavy atom. The van der Waals surface area contributed by atoms with E-state index in [1.165, 1.54) is 18.7 Å². The molecule has 2 atom stereocenters. The van der Waals surface area contributed by atoms with E-state index in [4.69, 9.17) is 5.11 Å². The molecule has 0 saturated carbocycles. The Morgan fingerprint density at radius 3 is 2.54 bits per heavy atom. The third-order valence-corrected chi connectivity index (χ3v) is 3.13. The highest BCUT2D eigenvalue weighted by Crippen LogP contribution is 2.26. The minimum absolute atomic E-state index is 0.0597. The second kappa shape index (κ2) is 4.11. The SMILES string of the molecule is CC(=O)S[C@H]1C[C@@H](C(=O)O)N(C)C1. The summed E-state index contributed by atoms with van der Waals surface area (Å²) < 4.78 is 0. The number of rotatable bonds is 2. The topological polar surface area (TPSA) is 57.6 Å². The number of nitrogens with zero attached hydrogens (tertiary/aromatic N) is 1. The van der Waals surface area contributed by atoms with Crippen molar-refractivity contribution in [2.75, 3.05) is 13.6 Å². The standard InChI is InChI=1S/C8H13NO3S/c1-5(10)13-6-3-7(8(11)12)9(2)4-6/h6-7H,3-4H2,1-2H3,(H,11,12)/t6-,7-/m0/s1. The molecule has 74 valence electrons. The lowest BCUT2D eigenvalue weighted by atomic mass is 10.2. The summed E-state index contributed by atoms with van der Waals surface area (Å²) in [6.07, 6.45) is 0.566. The number of likely N-dealkylation sites (tertiary alicyclic amines) is 1. The Hall–Kier alpha value is -0.550. The predicted molar refractivity (Wildman–Crippen MR) is 50.7 cm³/mol. The molecule has 0 aliphatic carbocycles. The molecule has 1 fully saturated rings. The van der Waals surface area contributed by atoms with Crippen LogP contribution in [0.1, 0.15) is 13.3 Å². The van der Waals surface area contributed by atoms with Crippen LogP contribution in [0.15, 0.2) is 0 Å².